The minimum Gasteiger partial charge on any atom is -0.358 e. The highest BCUT2D eigenvalue weighted by molar-refractivity contribution is 7.87. The Kier molecular flexibility index (Phi) is 3.70. The zero-order valence-electron chi connectivity index (χ0n) is 11.0. The lowest BCUT2D eigenvalue weighted by molar-refractivity contribution is -0.141. The van der Waals surface area contributed by atoms with Gasteiger partial charge in [0.25, 0.3) is 0 Å². The van der Waals surface area contributed by atoms with Gasteiger partial charge in [-0.25, -0.2) is 4.68 Å². The predicted molar refractivity (Wildman–Crippen MR) is 67.2 cm³/mol. The van der Waals surface area contributed by atoms with Crippen molar-refractivity contribution in [1.82, 2.24) is 9.78 Å². The van der Waals surface area contributed by atoms with Crippen LogP contribution < -0.4 is 4.18 Å². The van der Waals surface area contributed by atoms with E-state index in [1.165, 1.54) is 12.1 Å². The van der Waals surface area contributed by atoms with Crippen molar-refractivity contribution in [3.8, 4) is 5.88 Å². The molecule has 21 heavy (non-hydrogen) atoms. The quantitative estimate of drug-likeness (QED) is 0.815. The van der Waals surface area contributed by atoms with E-state index in [1.54, 1.807) is 19.1 Å². The Hall–Kier alpha value is -2.03. The molecule has 0 aliphatic carbocycles. The van der Waals surface area contributed by atoms with Crippen LogP contribution in [-0.4, -0.2) is 18.2 Å². The van der Waals surface area contributed by atoms with Crippen molar-refractivity contribution in [3.63, 3.8) is 0 Å². The van der Waals surface area contributed by atoms with E-state index in [4.69, 9.17) is 4.18 Å². The average molecular weight is 320 g/mol. The smallest absolute Gasteiger partial charge is 0.358 e. The van der Waals surface area contributed by atoms with E-state index in [0.717, 1.165) is 12.6 Å². The summed E-state index contributed by atoms with van der Waals surface area (Å²) in [6.07, 6.45) is -4.67. The van der Waals surface area contributed by atoms with Crippen molar-refractivity contribution in [2.75, 3.05) is 0 Å². The summed E-state index contributed by atoms with van der Waals surface area (Å²) in [7, 11) is -3.05. The fraction of sp³-hybridized carbons (Fsp3) is 0.250. The molecule has 2 rings (SSSR count). The summed E-state index contributed by atoms with van der Waals surface area (Å²) in [6, 6.07) is 6.27. The van der Waals surface area contributed by atoms with E-state index in [9.17, 15) is 21.6 Å². The topological polar surface area (TPSA) is 61.2 Å². The highest BCUT2D eigenvalue weighted by Crippen LogP contribution is 2.31. The van der Waals surface area contributed by atoms with Crippen LogP contribution in [0.4, 0.5) is 13.2 Å². The first kappa shape index (κ1) is 15.4. The van der Waals surface area contributed by atoms with Gasteiger partial charge in [0.2, 0.25) is 5.88 Å². The van der Waals surface area contributed by atoms with Gasteiger partial charge in [-0.3, -0.25) is 0 Å². The van der Waals surface area contributed by atoms with Crippen molar-refractivity contribution in [2.24, 2.45) is 7.05 Å². The summed E-state index contributed by atoms with van der Waals surface area (Å²) in [5.41, 5.74) is -0.382. The van der Waals surface area contributed by atoms with Crippen LogP contribution in [0.15, 0.2) is 35.2 Å². The van der Waals surface area contributed by atoms with Gasteiger partial charge in [0, 0.05) is 13.1 Å². The molecule has 0 spiro atoms. The number of aromatic nitrogens is 2. The molecule has 0 saturated carbocycles. The maximum absolute atomic E-state index is 12.5. The van der Waals surface area contributed by atoms with Crippen molar-refractivity contribution < 1.29 is 25.8 Å². The number of aryl methyl sites for hydroxylation is 2. The molecular weight excluding hydrogens is 309 g/mol. The van der Waals surface area contributed by atoms with Gasteiger partial charge in [0.05, 0.1) is 0 Å². The first-order valence-electron chi connectivity index (χ1n) is 5.72. The molecule has 0 N–H and O–H groups in total. The fourth-order valence-electron chi connectivity index (χ4n) is 1.53. The van der Waals surface area contributed by atoms with E-state index in [2.05, 4.69) is 5.10 Å². The average Bonchev–Trinajstić information content (AvgIpc) is 2.71. The zero-order chi connectivity index (χ0) is 15.8. The van der Waals surface area contributed by atoms with E-state index in [0.29, 0.717) is 10.7 Å². The summed E-state index contributed by atoms with van der Waals surface area (Å²) in [5.74, 6) is -0.511. The number of rotatable bonds is 3. The van der Waals surface area contributed by atoms with Crippen LogP contribution in [0.25, 0.3) is 0 Å². The van der Waals surface area contributed by atoms with Gasteiger partial charge in [0.1, 0.15) is 4.90 Å². The normalized spacial score (nSPS) is 12.4. The first-order valence-corrected chi connectivity index (χ1v) is 7.13. The molecule has 9 heteroatoms. The lowest BCUT2D eigenvalue weighted by atomic mass is 10.2. The van der Waals surface area contributed by atoms with Crippen LogP contribution in [0, 0.1) is 6.92 Å². The van der Waals surface area contributed by atoms with Crippen LogP contribution in [0.1, 0.15) is 11.3 Å². The first-order chi connectivity index (χ1) is 9.59. The minimum atomic E-state index is -4.67. The van der Waals surface area contributed by atoms with Gasteiger partial charge >= 0.3 is 16.3 Å². The summed E-state index contributed by atoms with van der Waals surface area (Å²) in [4.78, 5) is -0.150. The minimum absolute atomic E-state index is 0.150. The third-order valence-electron chi connectivity index (χ3n) is 2.63. The number of nitrogens with zero attached hydrogens (tertiary/aromatic N) is 2. The lowest BCUT2D eigenvalue weighted by Gasteiger charge is -2.06. The number of hydrogen-bond acceptors (Lipinski definition) is 4. The number of benzene rings is 1. The molecule has 0 atom stereocenters. The Bertz CT molecular complexity index is 749. The molecule has 1 heterocycles. The molecule has 5 nitrogen and oxygen atoms in total. The number of hydrogen-bond donors (Lipinski definition) is 0. The van der Waals surface area contributed by atoms with Crippen LogP contribution in [0.2, 0.25) is 0 Å². The van der Waals surface area contributed by atoms with Crippen molar-refractivity contribution >= 4 is 10.1 Å². The summed E-state index contributed by atoms with van der Waals surface area (Å²) in [6.45, 7) is 1.77. The zero-order valence-corrected chi connectivity index (χ0v) is 11.9. The molecule has 1 aromatic heterocycles. The monoisotopic (exact) mass is 320 g/mol. The fourth-order valence-corrected chi connectivity index (χ4v) is 2.48. The molecule has 114 valence electrons. The van der Waals surface area contributed by atoms with Crippen molar-refractivity contribution in [2.45, 2.75) is 18.0 Å². The molecule has 0 saturated heterocycles. The van der Waals surface area contributed by atoms with Crippen molar-refractivity contribution in [3.05, 3.63) is 41.6 Å². The third-order valence-corrected chi connectivity index (χ3v) is 3.87. The van der Waals surface area contributed by atoms with E-state index < -0.39 is 27.9 Å². The van der Waals surface area contributed by atoms with Gasteiger partial charge in [-0.2, -0.15) is 26.7 Å². The number of halogens is 3. The molecule has 0 unspecified atom stereocenters. The Morgan fingerprint density at radius 1 is 1.19 bits per heavy atom. The highest BCUT2D eigenvalue weighted by Gasteiger charge is 2.35. The summed E-state index contributed by atoms with van der Waals surface area (Å²) in [5, 5.41) is 3.18. The largest absolute Gasteiger partial charge is 0.435 e. The van der Waals surface area contributed by atoms with Gasteiger partial charge in [-0.15, -0.1) is 0 Å². The molecule has 0 fully saturated rings. The Labute approximate surface area is 119 Å². The molecule has 0 amide bonds. The Balaban J connectivity index is 2.33. The van der Waals surface area contributed by atoms with Crippen LogP contribution in [0.5, 0.6) is 5.88 Å². The second-order valence-corrected chi connectivity index (χ2v) is 5.89. The van der Waals surface area contributed by atoms with E-state index >= 15 is 0 Å². The van der Waals surface area contributed by atoms with E-state index in [1.807, 2.05) is 0 Å². The van der Waals surface area contributed by atoms with Crippen LogP contribution >= 0.6 is 0 Å². The third kappa shape index (κ3) is 3.35. The molecule has 0 aliphatic rings. The Morgan fingerprint density at radius 2 is 1.76 bits per heavy atom. The summed E-state index contributed by atoms with van der Waals surface area (Å²) >= 11 is 0. The SMILES string of the molecule is Cc1ccc(S(=O)(=O)Oc2cc(C(F)(F)F)nn2C)cc1. The Morgan fingerprint density at radius 3 is 2.24 bits per heavy atom. The molecule has 1 aromatic carbocycles. The van der Waals surface area contributed by atoms with Crippen molar-refractivity contribution in [1.29, 1.82) is 0 Å². The molecule has 0 bridgehead atoms. The highest BCUT2D eigenvalue weighted by atomic mass is 32.2. The predicted octanol–water partition coefficient (Wildman–Crippen LogP) is 2.52. The van der Waals surface area contributed by atoms with Crippen LogP contribution in [-0.2, 0) is 23.3 Å². The number of alkyl halides is 3. The van der Waals surface area contributed by atoms with E-state index in [-0.39, 0.29) is 4.90 Å². The standard InChI is InChI=1S/C12H11F3N2O3S/c1-8-3-5-9(6-4-8)21(18,19)20-11-7-10(12(13,14)15)16-17(11)2/h3-7H,1-2H3. The molecule has 0 aliphatic heterocycles. The van der Waals surface area contributed by atoms with Gasteiger partial charge in [-0.1, -0.05) is 17.7 Å². The van der Waals surface area contributed by atoms with Gasteiger partial charge in [-0.05, 0) is 19.1 Å². The maximum Gasteiger partial charge on any atom is 0.435 e. The van der Waals surface area contributed by atoms with Gasteiger partial charge < -0.3 is 4.18 Å². The van der Waals surface area contributed by atoms with Gasteiger partial charge in [0.15, 0.2) is 5.69 Å². The van der Waals surface area contributed by atoms with Crippen LogP contribution in [0.3, 0.4) is 0 Å². The molecule has 0 radical (unpaired) electrons. The second-order valence-electron chi connectivity index (χ2n) is 4.34. The molecule has 2 aromatic rings. The molecular formula is C12H11F3N2O3S. The second kappa shape index (κ2) is 5.06. The maximum atomic E-state index is 12.5. The lowest BCUT2D eigenvalue weighted by Crippen LogP contribution is -2.12. The summed E-state index contributed by atoms with van der Waals surface area (Å²) < 4.78 is 66.9.